The molecule has 0 atom stereocenters. The van der Waals surface area contributed by atoms with Gasteiger partial charge in [0.1, 0.15) is 5.75 Å². The van der Waals surface area contributed by atoms with Crippen LogP contribution < -0.4 is 10.6 Å². The van der Waals surface area contributed by atoms with Crippen LogP contribution in [0, 0.1) is 0 Å². The molecule has 0 aromatic heterocycles. The topological polar surface area (TPSA) is 111 Å². The first-order chi connectivity index (χ1) is 15.0. The van der Waals surface area contributed by atoms with Gasteiger partial charge in [-0.15, -0.1) is 0 Å². The van der Waals surface area contributed by atoms with Crippen molar-refractivity contribution < 1.29 is 19.5 Å². The summed E-state index contributed by atoms with van der Waals surface area (Å²) in [5.74, 6) is -0.627. The van der Waals surface area contributed by atoms with E-state index in [1.807, 2.05) is 30.3 Å². The maximum atomic E-state index is 12.3. The first kappa shape index (κ1) is 22.0. The molecular formula is C23H26N4O4. The molecule has 0 spiro atoms. The molecule has 8 nitrogen and oxygen atoms in total. The van der Waals surface area contributed by atoms with Crippen molar-refractivity contribution in [2.45, 2.75) is 25.7 Å². The van der Waals surface area contributed by atoms with Gasteiger partial charge in [0.25, 0.3) is 5.91 Å². The Labute approximate surface area is 181 Å². The van der Waals surface area contributed by atoms with Gasteiger partial charge >= 0.3 is 0 Å². The number of hydrazone groups is 1. The summed E-state index contributed by atoms with van der Waals surface area (Å²) in [6, 6.07) is 15.8. The molecule has 1 aliphatic heterocycles. The van der Waals surface area contributed by atoms with Crippen LogP contribution in [-0.2, 0) is 9.59 Å². The first-order valence-corrected chi connectivity index (χ1v) is 10.3. The van der Waals surface area contributed by atoms with Gasteiger partial charge in [-0.2, -0.15) is 5.10 Å². The van der Waals surface area contributed by atoms with Crippen molar-refractivity contribution >= 4 is 23.4 Å². The molecular weight excluding hydrogens is 396 g/mol. The molecule has 0 aliphatic carbocycles. The minimum atomic E-state index is -0.283. The van der Waals surface area contributed by atoms with Gasteiger partial charge in [-0.3, -0.25) is 14.4 Å². The molecule has 2 aromatic carbocycles. The van der Waals surface area contributed by atoms with E-state index in [1.165, 1.54) is 17.1 Å². The van der Waals surface area contributed by atoms with E-state index in [2.05, 4.69) is 15.7 Å². The highest BCUT2D eigenvalue weighted by molar-refractivity contribution is 6.02. The van der Waals surface area contributed by atoms with E-state index >= 15 is 0 Å². The van der Waals surface area contributed by atoms with Crippen molar-refractivity contribution in [3.63, 3.8) is 0 Å². The number of phenolic OH excluding ortho intramolecular Hbond substituents is 1. The molecule has 0 unspecified atom stereocenters. The molecule has 0 bridgehead atoms. The lowest BCUT2D eigenvalue weighted by molar-refractivity contribution is -0.133. The number of carbonyl (C=O) groups is 3. The van der Waals surface area contributed by atoms with Crippen LogP contribution in [-0.4, -0.2) is 53.2 Å². The van der Waals surface area contributed by atoms with Crippen molar-refractivity contribution in [2.24, 2.45) is 5.10 Å². The maximum absolute atomic E-state index is 12.3. The number of hydrogen-bond acceptors (Lipinski definition) is 5. The molecule has 0 saturated carbocycles. The Morgan fingerprint density at radius 1 is 0.968 bits per heavy atom. The van der Waals surface area contributed by atoms with Crippen LogP contribution in [0.2, 0.25) is 0 Å². The number of hydrogen-bond donors (Lipinski definition) is 3. The third-order valence-corrected chi connectivity index (χ3v) is 4.83. The number of nitrogens with one attached hydrogen (secondary N) is 2. The van der Waals surface area contributed by atoms with E-state index in [4.69, 9.17) is 0 Å². The van der Waals surface area contributed by atoms with Crippen molar-refractivity contribution in [1.29, 1.82) is 0 Å². The molecule has 3 rings (SSSR count). The van der Waals surface area contributed by atoms with Gasteiger partial charge in [0.15, 0.2) is 0 Å². The first-order valence-electron chi connectivity index (χ1n) is 10.3. The number of phenols is 1. The third-order valence-electron chi connectivity index (χ3n) is 4.83. The maximum Gasteiger partial charge on any atom is 0.251 e. The Morgan fingerprint density at radius 3 is 2.52 bits per heavy atom. The monoisotopic (exact) mass is 422 g/mol. The van der Waals surface area contributed by atoms with Crippen molar-refractivity contribution in [1.82, 2.24) is 15.6 Å². The summed E-state index contributed by atoms with van der Waals surface area (Å²) in [4.78, 5) is 36.2. The average Bonchev–Trinajstić information content (AvgIpc) is 3.28. The number of nitrogens with zero attached hydrogens (tertiary/aromatic N) is 2. The van der Waals surface area contributed by atoms with Crippen molar-refractivity contribution in [2.75, 3.05) is 19.6 Å². The molecule has 31 heavy (non-hydrogen) atoms. The van der Waals surface area contributed by atoms with Crippen LogP contribution >= 0.6 is 0 Å². The van der Waals surface area contributed by atoms with Crippen LogP contribution in [0.15, 0.2) is 59.7 Å². The van der Waals surface area contributed by atoms with E-state index in [9.17, 15) is 19.5 Å². The van der Waals surface area contributed by atoms with Crippen LogP contribution in [0.5, 0.6) is 5.75 Å². The molecule has 0 radical (unpaired) electrons. The second-order valence-electron chi connectivity index (χ2n) is 7.19. The number of rotatable bonds is 9. The minimum absolute atomic E-state index is 0.0328. The Kier molecular flexibility index (Phi) is 7.75. The summed E-state index contributed by atoms with van der Waals surface area (Å²) < 4.78 is 0. The number of carbonyl (C=O) groups excluding carboxylic acids is 3. The summed E-state index contributed by atoms with van der Waals surface area (Å²) in [6.45, 7) is 1.31. The van der Waals surface area contributed by atoms with Crippen molar-refractivity contribution in [3.8, 4) is 5.75 Å². The minimum Gasteiger partial charge on any atom is -0.508 e. The molecule has 3 amide bonds. The zero-order chi connectivity index (χ0) is 22.1. The van der Waals surface area contributed by atoms with Crippen LogP contribution in [0.4, 0.5) is 0 Å². The molecule has 8 heteroatoms. The standard InChI is InChI=1S/C23H26N4O4/c28-19-9-4-8-18(16-19)23(31)25-14-5-13-24-21(29)10-11-22(30)27-15-12-20(26-27)17-6-2-1-3-7-17/h1-4,6-9,16,28H,5,10-15H2,(H,24,29)(H,25,31). The Balaban J connectivity index is 1.30. The molecule has 162 valence electrons. The molecule has 2 aromatic rings. The Morgan fingerprint density at radius 2 is 1.74 bits per heavy atom. The zero-order valence-corrected chi connectivity index (χ0v) is 17.2. The second kappa shape index (κ2) is 10.9. The molecule has 3 N–H and O–H groups in total. The number of amides is 3. The SMILES string of the molecule is O=C(CCC(=O)N1CCC(c2ccccc2)=N1)NCCCNC(=O)c1cccc(O)c1. The number of aromatic hydroxyl groups is 1. The lowest BCUT2D eigenvalue weighted by Crippen LogP contribution is -2.31. The molecule has 1 aliphatic rings. The predicted molar refractivity (Wildman–Crippen MR) is 117 cm³/mol. The second-order valence-corrected chi connectivity index (χ2v) is 7.19. The lowest BCUT2D eigenvalue weighted by atomic mass is 10.1. The fraction of sp³-hybridized carbons (Fsp3) is 0.304. The zero-order valence-electron chi connectivity index (χ0n) is 17.2. The summed E-state index contributed by atoms with van der Waals surface area (Å²) in [6.07, 6.45) is 1.46. The van der Waals surface area contributed by atoms with E-state index < -0.39 is 0 Å². The van der Waals surface area contributed by atoms with Gasteiger partial charge in [0.05, 0.1) is 12.3 Å². The highest BCUT2D eigenvalue weighted by Gasteiger charge is 2.21. The van der Waals surface area contributed by atoms with E-state index in [-0.39, 0.29) is 36.3 Å². The van der Waals surface area contributed by atoms with Gasteiger partial charge in [-0.1, -0.05) is 36.4 Å². The largest absolute Gasteiger partial charge is 0.508 e. The van der Waals surface area contributed by atoms with E-state index in [0.29, 0.717) is 38.0 Å². The molecule has 1 heterocycles. The highest BCUT2D eigenvalue weighted by Crippen LogP contribution is 2.15. The number of benzene rings is 2. The lowest BCUT2D eigenvalue weighted by Gasteiger charge is -2.11. The van der Waals surface area contributed by atoms with Gasteiger partial charge < -0.3 is 15.7 Å². The van der Waals surface area contributed by atoms with Crippen LogP contribution in [0.25, 0.3) is 0 Å². The summed E-state index contributed by atoms with van der Waals surface area (Å²) in [5.41, 5.74) is 2.26. The fourth-order valence-electron chi connectivity index (χ4n) is 3.18. The van der Waals surface area contributed by atoms with Gasteiger partial charge in [-0.25, -0.2) is 5.01 Å². The van der Waals surface area contributed by atoms with Gasteiger partial charge in [-0.05, 0) is 30.2 Å². The predicted octanol–water partition coefficient (Wildman–Crippen LogP) is 2.05. The summed E-state index contributed by atoms with van der Waals surface area (Å²) >= 11 is 0. The molecule has 0 saturated heterocycles. The van der Waals surface area contributed by atoms with Gasteiger partial charge in [0.2, 0.25) is 11.8 Å². The van der Waals surface area contributed by atoms with Crippen LogP contribution in [0.3, 0.4) is 0 Å². The Bertz CT molecular complexity index is 959. The van der Waals surface area contributed by atoms with E-state index in [0.717, 1.165) is 11.3 Å². The normalized spacial score (nSPS) is 12.9. The van der Waals surface area contributed by atoms with Gasteiger partial charge in [0, 0.05) is 37.9 Å². The summed E-state index contributed by atoms with van der Waals surface area (Å²) in [7, 11) is 0. The smallest absolute Gasteiger partial charge is 0.251 e. The Hall–Kier alpha value is -3.68. The van der Waals surface area contributed by atoms with E-state index in [1.54, 1.807) is 12.1 Å². The fourth-order valence-corrected chi connectivity index (χ4v) is 3.18. The third kappa shape index (κ3) is 6.67. The average molecular weight is 422 g/mol. The molecule has 0 fully saturated rings. The quantitative estimate of drug-likeness (QED) is 0.537. The highest BCUT2D eigenvalue weighted by atomic mass is 16.3. The van der Waals surface area contributed by atoms with Crippen molar-refractivity contribution in [3.05, 3.63) is 65.7 Å². The van der Waals surface area contributed by atoms with Crippen LogP contribution in [0.1, 0.15) is 41.6 Å². The summed E-state index contributed by atoms with van der Waals surface area (Å²) in [5, 5.41) is 20.7.